The summed E-state index contributed by atoms with van der Waals surface area (Å²) in [6.45, 7) is 0. The maximum absolute atomic E-state index is 5.45. The molecule has 0 bridgehead atoms. The van der Waals surface area contributed by atoms with Gasteiger partial charge in [-0.2, -0.15) is 0 Å². The second-order valence-corrected chi connectivity index (χ2v) is 1.72. The Balaban J connectivity index is 2.94. The van der Waals surface area contributed by atoms with Gasteiger partial charge >= 0.3 is 0 Å². The van der Waals surface area contributed by atoms with Crippen molar-refractivity contribution in [3.05, 3.63) is 18.3 Å². The summed E-state index contributed by atoms with van der Waals surface area (Å²) in [5.74, 6) is 0.801. The van der Waals surface area contributed by atoms with E-state index in [1.54, 1.807) is 18.3 Å². The van der Waals surface area contributed by atoms with Crippen LogP contribution in [0.3, 0.4) is 0 Å². The zero-order valence-corrected chi connectivity index (χ0v) is 5.26. The third-order valence-corrected chi connectivity index (χ3v) is 1.04. The molecule has 0 aromatic carbocycles. The lowest BCUT2D eigenvalue weighted by Crippen LogP contribution is -2.03. The molecule has 0 fully saturated rings. The van der Waals surface area contributed by atoms with E-state index in [1.807, 2.05) is 7.05 Å². The van der Waals surface area contributed by atoms with Crippen LogP contribution in [0.2, 0.25) is 0 Å². The van der Waals surface area contributed by atoms with Crippen molar-refractivity contribution >= 4 is 19.1 Å². The molecule has 1 rings (SSSR count). The van der Waals surface area contributed by atoms with Crippen LogP contribution in [0, 0.1) is 0 Å². The highest BCUT2D eigenvalue weighted by atomic mass is 14.9. The number of aromatic nitrogens is 1. The Morgan fingerprint density at radius 3 is 2.89 bits per heavy atom. The minimum atomic E-state index is 0.731. The molecule has 0 saturated carbocycles. The van der Waals surface area contributed by atoms with Crippen LogP contribution in [-0.4, -0.2) is 19.9 Å². The Kier molecular flexibility index (Phi) is 1.73. The molecule has 0 unspecified atom stereocenters. The van der Waals surface area contributed by atoms with E-state index >= 15 is 0 Å². The SMILES string of the molecule is [B]c1ccnc(NC)c1. The van der Waals surface area contributed by atoms with E-state index in [0.717, 1.165) is 11.3 Å². The topological polar surface area (TPSA) is 24.9 Å². The van der Waals surface area contributed by atoms with E-state index in [4.69, 9.17) is 7.85 Å². The number of nitrogens with zero attached hydrogens (tertiary/aromatic N) is 1. The number of hydrogen-bond acceptors (Lipinski definition) is 2. The minimum absolute atomic E-state index is 0.731. The fraction of sp³-hybridized carbons (Fsp3) is 0.167. The molecule has 2 nitrogen and oxygen atoms in total. The molecule has 0 aliphatic rings. The number of rotatable bonds is 1. The quantitative estimate of drug-likeness (QED) is 0.521. The molecule has 0 aliphatic carbocycles. The smallest absolute Gasteiger partial charge is 0.125 e. The second kappa shape index (κ2) is 2.53. The Morgan fingerprint density at radius 2 is 2.44 bits per heavy atom. The molecule has 1 heterocycles. The monoisotopic (exact) mass is 118 g/mol. The van der Waals surface area contributed by atoms with E-state index in [0.29, 0.717) is 0 Å². The van der Waals surface area contributed by atoms with Gasteiger partial charge in [-0.15, -0.1) is 0 Å². The summed E-state index contributed by atoms with van der Waals surface area (Å²) >= 11 is 0. The molecule has 3 heteroatoms. The van der Waals surface area contributed by atoms with Crippen molar-refractivity contribution < 1.29 is 0 Å². The van der Waals surface area contributed by atoms with Crippen molar-refractivity contribution in [1.82, 2.24) is 4.98 Å². The Bertz CT molecular complexity index is 200. The van der Waals surface area contributed by atoms with E-state index in [2.05, 4.69) is 10.3 Å². The van der Waals surface area contributed by atoms with Gasteiger partial charge < -0.3 is 5.32 Å². The van der Waals surface area contributed by atoms with E-state index < -0.39 is 0 Å². The van der Waals surface area contributed by atoms with Crippen molar-refractivity contribution in [3.8, 4) is 0 Å². The first-order chi connectivity index (χ1) is 4.33. The predicted octanol–water partition coefficient (Wildman–Crippen LogP) is -0.0829. The molecule has 0 aliphatic heterocycles. The summed E-state index contributed by atoms with van der Waals surface area (Å²) in [6.07, 6.45) is 1.67. The van der Waals surface area contributed by atoms with Gasteiger partial charge in [-0.05, 0) is 6.07 Å². The highest BCUT2D eigenvalue weighted by Crippen LogP contribution is 1.93. The lowest BCUT2D eigenvalue weighted by molar-refractivity contribution is 1.30. The molecule has 1 aromatic heterocycles. The van der Waals surface area contributed by atoms with Gasteiger partial charge in [-0.3, -0.25) is 0 Å². The molecule has 1 N–H and O–H groups in total. The van der Waals surface area contributed by atoms with E-state index in [9.17, 15) is 0 Å². The lowest BCUT2D eigenvalue weighted by Gasteiger charge is -1.97. The van der Waals surface area contributed by atoms with Crippen LogP contribution in [0.15, 0.2) is 18.3 Å². The van der Waals surface area contributed by atoms with Gasteiger partial charge in [0.1, 0.15) is 13.7 Å². The van der Waals surface area contributed by atoms with Crippen LogP contribution in [0.4, 0.5) is 5.82 Å². The Hall–Kier alpha value is -0.985. The highest BCUT2D eigenvalue weighted by molar-refractivity contribution is 6.32. The average molecular weight is 118 g/mol. The van der Waals surface area contributed by atoms with Gasteiger partial charge in [0.2, 0.25) is 0 Å². The summed E-state index contributed by atoms with van der Waals surface area (Å²) in [5, 5.41) is 2.88. The van der Waals surface area contributed by atoms with Crippen LogP contribution in [0.5, 0.6) is 0 Å². The fourth-order valence-electron chi connectivity index (χ4n) is 0.584. The van der Waals surface area contributed by atoms with E-state index in [-0.39, 0.29) is 0 Å². The molecular weight excluding hydrogens is 111 g/mol. The largest absolute Gasteiger partial charge is 0.373 e. The molecule has 9 heavy (non-hydrogen) atoms. The fourth-order valence-corrected chi connectivity index (χ4v) is 0.584. The van der Waals surface area contributed by atoms with Gasteiger partial charge in [0.05, 0.1) is 0 Å². The highest BCUT2D eigenvalue weighted by Gasteiger charge is 1.86. The molecule has 2 radical (unpaired) electrons. The van der Waals surface area contributed by atoms with Crippen LogP contribution in [-0.2, 0) is 0 Å². The summed E-state index contributed by atoms with van der Waals surface area (Å²) < 4.78 is 0. The normalized spacial score (nSPS) is 9.00. The zero-order valence-electron chi connectivity index (χ0n) is 5.26. The van der Waals surface area contributed by atoms with Gasteiger partial charge in [-0.25, -0.2) is 4.98 Å². The summed E-state index contributed by atoms with van der Waals surface area (Å²) in [7, 11) is 7.26. The first kappa shape index (κ1) is 6.14. The molecule has 0 amide bonds. The van der Waals surface area contributed by atoms with Crippen molar-refractivity contribution in [3.63, 3.8) is 0 Å². The third kappa shape index (κ3) is 1.45. The van der Waals surface area contributed by atoms with Gasteiger partial charge in [0, 0.05) is 13.2 Å². The maximum Gasteiger partial charge on any atom is 0.125 e. The van der Waals surface area contributed by atoms with Crippen LogP contribution in [0.25, 0.3) is 0 Å². The van der Waals surface area contributed by atoms with Crippen LogP contribution >= 0.6 is 0 Å². The predicted molar refractivity (Wildman–Crippen MR) is 39.2 cm³/mol. The molecule has 0 spiro atoms. The molecule has 44 valence electrons. The number of anilines is 1. The van der Waals surface area contributed by atoms with Gasteiger partial charge in [0.25, 0.3) is 0 Å². The van der Waals surface area contributed by atoms with Gasteiger partial charge in [0.15, 0.2) is 0 Å². The summed E-state index contributed by atoms with van der Waals surface area (Å²) in [5.41, 5.74) is 0.731. The third-order valence-electron chi connectivity index (χ3n) is 1.04. The first-order valence-corrected chi connectivity index (χ1v) is 2.72. The van der Waals surface area contributed by atoms with Crippen molar-refractivity contribution in [2.24, 2.45) is 0 Å². The molecule has 0 saturated heterocycles. The molecular formula is C6H7BN2. The average Bonchev–Trinajstić information content (AvgIpc) is 1.88. The Morgan fingerprint density at radius 1 is 1.67 bits per heavy atom. The van der Waals surface area contributed by atoms with Crippen molar-refractivity contribution in [1.29, 1.82) is 0 Å². The van der Waals surface area contributed by atoms with Crippen molar-refractivity contribution in [2.45, 2.75) is 0 Å². The van der Waals surface area contributed by atoms with Crippen LogP contribution in [0.1, 0.15) is 0 Å². The van der Waals surface area contributed by atoms with Gasteiger partial charge in [-0.1, -0.05) is 11.5 Å². The lowest BCUT2D eigenvalue weighted by atomic mass is 9.98. The number of pyridine rings is 1. The minimum Gasteiger partial charge on any atom is -0.373 e. The zero-order chi connectivity index (χ0) is 6.69. The maximum atomic E-state index is 5.45. The van der Waals surface area contributed by atoms with Crippen LogP contribution < -0.4 is 10.8 Å². The standard InChI is InChI=1S/C6H7BN2/c1-8-6-4-5(7)2-3-9-6/h2-4H,1H3,(H,8,9). The van der Waals surface area contributed by atoms with Crippen molar-refractivity contribution in [2.75, 3.05) is 12.4 Å². The van der Waals surface area contributed by atoms with E-state index in [1.165, 1.54) is 0 Å². The summed E-state index contributed by atoms with van der Waals surface area (Å²) in [6, 6.07) is 3.53. The first-order valence-electron chi connectivity index (χ1n) is 2.72. The Labute approximate surface area is 55.7 Å². The molecule has 0 atom stereocenters. The second-order valence-electron chi connectivity index (χ2n) is 1.72. The summed E-state index contributed by atoms with van der Waals surface area (Å²) in [4.78, 5) is 3.97. The molecule has 1 aromatic rings. The number of hydrogen-bond donors (Lipinski definition) is 1. The number of nitrogens with one attached hydrogen (secondary N) is 1.